The van der Waals surface area contributed by atoms with E-state index >= 15 is 0 Å². The highest BCUT2D eigenvalue weighted by Gasteiger charge is 2.15. The minimum atomic E-state index is -0.506. The van der Waals surface area contributed by atoms with Crippen LogP contribution in [-0.2, 0) is 4.74 Å². The Bertz CT molecular complexity index is 1200. The molecule has 0 aliphatic rings. The Labute approximate surface area is 155 Å². The van der Waals surface area contributed by atoms with Gasteiger partial charge in [0.25, 0.3) is 0 Å². The maximum Gasteiger partial charge on any atom is 0.424 e. The first-order valence-corrected chi connectivity index (χ1v) is 8.48. The summed E-state index contributed by atoms with van der Waals surface area (Å²) in [5.41, 5.74) is 4.92. The zero-order chi connectivity index (χ0) is 19.0. The van der Waals surface area contributed by atoms with E-state index in [2.05, 4.69) is 0 Å². The Morgan fingerprint density at radius 2 is 1.70 bits per heavy atom. The first kappa shape index (κ1) is 16.8. The number of aryl methyl sites for hydroxylation is 1. The molecule has 27 heavy (non-hydrogen) atoms. The van der Waals surface area contributed by atoms with E-state index in [9.17, 15) is 9.59 Å². The SMILES string of the molecule is COC(=O)c1cc(-c2ccc(C)cc2)cc(-n2c(=O)oc3ccccc32)c1. The van der Waals surface area contributed by atoms with Crippen molar-refractivity contribution in [2.75, 3.05) is 7.11 Å². The minimum absolute atomic E-state index is 0.364. The summed E-state index contributed by atoms with van der Waals surface area (Å²) < 4.78 is 11.7. The van der Waals surface area contributed by atoms with Crippen LogP contribution in [0.25, 0.3) is 27.9 Å². The Morgan fingerprint density at radius 3 is 2.44 bits per heavy atom. The van der Waals surface area contributed by atoms with Crippen LogP contribution < -0.4 is 5.76 Å². The first-order chi connectivity index (χ1) is 13.1. The molecule has 3 aromatic carbocycles. The van der Waals surface area contributed by atoms with Gasteiger partial charge in [0.2, 0.25) is 0 Å². The van der Waals surface area contributed by atoms with Crippen LogP contribution in [0.3, 0.4) is 0 Å². The molecule has 0 aliphatic carbocycles. The molecule has 1 heterocycles. The third-order valence-corrected chi connectivity index (χ3v) is 4.47. The molecule has 134 valence electrons. The number of nitrogens with zero attached hydrogens (tertiary/aromatic N) is 1. The lowest BCUT2D eigenvalue weighted by Gasteiger charge is -2.10. The van der Waals surface area contributed by atoms with Gasteiger partial charge in [0.15, 0.2) is 5.58 Å². The maximum absolute atomic E-state index is 12.5. The summed E-state index contributed by atoms with van der Waals surface area (Å²) in [6.07, 6.45) is 0. The summed E-state index contributed by atoms with van der Waals surface area (Å²) in [7, 11) is 1.33. The molecule has 5 heteroatoms. The van der Waals surface area contributed by atoms with Crippen molar-refractivity contribution in [3.8, 4) is 16.8 Å². The van der Waals surface area contributed by atoms with E-state index in [4.69, 9.17) is 9.15 Å². The number of aromatic nitrogens is 1. The van der Waals surface area contributed by atoms with Crippen LogP contribution in [-0.4, -0.2) is 17.6 Å². The molecule has 5 nitrogen and oxygen atoms in total. The molecule has 0 saturated heterocycles. The Hall–Kier alpha value is -3.60. The summed E-state index contributed by atoms with van der Waals surface area (Å²) in [4.78, 5) is 24.7. The fourth-order valence-electron chi connectivity index (χ4n) is 3.10. The predicted molar refractivity (Wildman–Crippen MR) is 103 cm³/mol. The standard InChI is InChI=1S/C22H17NO4/c1-14-7-9-15(10-8-14)16-11-17(21(24)26-2)13-18(12-16)23-19-5-3-4-6-20(19)27-22(23)25/h3-13H,1-2H3. The molecule has 0 atom stereocenters. The van der Waals surface area contributed by atoms with Crippen molar-refractivity contribution in [2.24, 2.45) is 0 Å². The molecule has 0 saturated carbocycles. The minimum Gasteiger partial charge on any atom is -0.465 e. The summed E-state index contributed by atoms with van der Waals surface area (Å²) >= 11 is 0. The number of carbonyl (C=O) groups excluding carboxylic acids is 1. The molecule has 0 bridgehead atoms. The van der Waals surface area contributed by atoms with Crippen LogP contribution >= 0.6 is 0 Å². The van der Waals surface area contributed by atoms with Crippen molar-refractivity contribution in [1.82, 2.24) is 4.57 Å². The van der Waals surface area contributed by atoms with E-state index in [0.717, 1.165) is 16.7 Å². The van der Waals surface area contributed by atoms with Crippen molar-refractivity contribution < 1.29 is 13.9 Å². The van der Waals surface area contributed by atoms with Gasteiger partial charge in [0.1, 0.15) is 0 Å². The number of fused-ring (bicyclic) bond motifs is 1. The van der Waals surface area contributed by atoms with Crippen LogP contribution in [0.1, 0.15) is 15.9 Å². The maximum atomic E-state index is 12.5. The largest absolute Gasteiger partial charge is 0.465 e. The van der Waals surface area contributed by atoms with Crippen LogP contribution in [0, 0.1) is 6.92 Å². The lowest BCUT2D eigenvalue weighted by Crippen LogP contribution is -2.13. The Kier molecular flexibility index (Phi) is 4.12. The van der Waals surface area contributed by atoms with Crippen LogP contribution in [0.15, 0.2) is 75.9 Å². The summed E-state index contributed by atoms with van der Waals surface area (Å²) in [5.74, 6) is -0.973. The average molecular weight is 359 g/mol. The monoisotopic (exact) mass is 359 g/mol. The normalized spacial score (nSPS) is 10.9. The molecule has 0 fully saturated rings. The number of benzene rings is 3. The highest BCUT2D eigenvalue weighted by atomic mass is 16.5. The van der Waals surface area contributed by atoms with Gasteiger partial charge in [0.05, 0.1) is 23.9 Å². The smallest absolute Gasteiger partial charge is 0.424 e. The topological polar surface area (TPSA) is 61.4 Å². The lowest BCUT2D eigenvalue weighted by molar-refractivity contribution is 0.0600. The van der Waals surface area contributed by atoms with Gasteiger partial charge in [-0.25, -0.2) is 14.2 Å². The van der Waals surface area contributed by atoms with E-state index in [-0.39, 0.29) is 0 Å². The number of oxazole rings is 1. The molecule has 0 spiro atoms. The van der Waals surface area contributed by atoms with Gasteiger partial charge >= 0.3 is 11.7 Å². The number of ether oxygens (including phenoxy) is 1. The number of rotatable bonds is 3. The second kappa shape index (κ2) is 6.61. The van der Waals surface area contributed by atoms with Gasteiger partial charge in [0, 0.05) is 0 Å². The quantitative estimate of drug-likeness (QED) is 0.510. The third kappa shape index (κ3) is 3.04. The number of hydrogen-bond acceptors (Lipinski definition) is 4. The number of hydrogen-bond donors (Lipinski definition) is 0. The predicted octanol–water partition coefficient (Wildman–Crippen LogP) is 4.35. The number of esters is 1. The molecule has 4 aromatic rings. The highest BCUT2D eigenvalue weighted by Crippen LogP contribution is 2.26. The molecule has 0 unspecified atom stereocenters. The number of methoxy groups -OCH3 is 1. The zero-order valence-corrected chi connectivity index (χ0v) is 14.9. The zero-order valence-electron chi connectivity index (χ0n) is 14.9. The molecule has 0 aliphatic heterocycles. The molecule has 0 amide bonds. The van der Waals surface area contributed by atoms with E-state index in [0.29, 0.717) is 22.4 Å². The van der Waals surface area contributed by atoms with Crippen LogP contribution in [0.2, 0.25) is 0 Å². The second-order valence-electron chi connectivity index (χ2n) is 6.30. The van der Waals surface area contributed by atoms with Crippen LogP contribution in [0.4, 0.5) is 0 Å². The Morgan fingerprint density at radius 1 is 0.963 bits per heavy atom. The van der Waals surface area contributed by atoms with E-state index < -0.39 is 11.7 Å². The van der Waals surface area contributed by atoms with Crippen molar-refractivity contribution >= 4 is 17.1 Å². The van der Waals surface area contributed by atoms with Gasteiger partial charge in [-0.1, -0.05) is 42.0 Å². The van der Waals surface area contributed by atoms with Gasteiger partial charge in [-0.05, 0) is 48.4 Å². The van der Waals surface area contributed by atoms with Gasteiger partial charge in [-0.3, -0.25) is 0 Å². The molecular formula is C22H17NO4. The molecular weight excluding hydrogens is 342 g/mol. The summed E-state index contributed by atoms with van der Waals surface area (Å²) in [5, 5.41) is 0. The van der Waals surface area contributed by atoms with Gasteiger partial charge < -0.3 is 9.15 Å². The second-order valence-corrected chi connectivity index (χ2v) is 6.30. The molecule has 1 aromatic heterocycles. The van der Waals surface area contributed by atoms with E-state index in [1.165, 1.54) is 11.7 Å². The van der Waals surface area contributed by atoms with Gasteiger partial charge in [-0.2, -0.15) is 0 Å². The van der Waals surface area contributed by atoms with Crippen molar-refractivity contribution in [2.45, 2.75) is 6.92 Å². The van der Waals surface area contributed by atoms with Crippen molar-refractivity contribution in [3.63, 3.8) is 0 Å². The number of para-hydroxylation sites is 2. The van der Waals surface area contributed by atoms with E-state index in [1.807, 2.05) is 43.3 Å². The van der Waals surface area contributed by atoms with Crippen LogP contribution in [0.5, 0.6) is 0 Å². The van der Waals surface area contributed by atoms with Crippen molar-refractivity contribution in [1.29, 1.82) is 0 Å². The third-order valence-electron chi connectivity index (χ3n) is 4.47. The fraction of sp³-hybridized carbons (Fsp3) is 0.0909. The first-order valence-electron chi connectivity index (χ1n) is 8.48. The molecule has 4 rings (SSSR count). The summed E-state index contributed by atoms with van der Waals surface area (Å²) in [6.45, 7) is 2.01. The van der Waals surface area contributed by atoms with E-state index in [1.54, 1.807) is 30.3 Å². The highest BCUT2D eigenvalue weighted by molar-refractivity contribution is 5.92. The van der Waals surface area contributed by atoms with Crippen molar-refractivity contribution in [3.05, 3.63) is 88.4 Å². The average Bonchev–Trinajstić information content (AvgIpc) is 3.03. The van der Waals surface area contributed by atoms with Gasteiger partial charge in [-0.15, -0.1) is 0 Å². The fourth-order valence-corrected chi connectivity index (χ4v) is 3.10. The summed E-state index contributed by atoms with van der Waals surface area (Å²) in [6, 6.07) is 20.4. The number of carbonyl (C=O) groups is 1. The molecule has 0 N–H and O–H groups in total. The Balaban J connectivity index is 1.98. The molecule has 0 radical (unpaired) electrons. The lowest BCUT2D eigenvalue weighted by atomic mass is 10.0.